The molecule has 168 valence electrons. The minimum atomic E-state index is -1.82. The van der Waals surface area contributed by atoms with Gasteiger partial charge in [0, 0.05) is 23.7 Å². The fraction of sp³-hybridized carbons (Fsp3) is 0.536. The molecule has 1 aromatic carbocycles. The minimum Gasteiger partial charge on any atom is -0.334 e. The molecular formula is C28H41NOSi. The average Bonchev–Trinajstić information content (AvgIpc) is 2.66. The monoisotopic (exact) mass is 435 g/mol. The summed E-state index contributed by atoms with van der Waals surface area (Å²) in [5, 5.41) is 0. The molecule has 0 saturated heterocycles. The van der Waals surface area contributed by atoms with Gasteiger partial charge in [-0.25, -0.2) is 0 Å². The van der Waals surface area contributed by atoms with Gasteiger partial charge < -0.3 is 4.90 Å². The van der Waals surface area contributed by atoms with Crippen molar-refractivity contribution in [1.29, 1.82) is 0 Å². The van der Waals surface area contributed by atoms with E-state index >= 15 is 0 Å². The lowest BCUT2D eigenvalue weighted by Crippen LogP contribution is -2.43. The summed E-state index contributed by atoms with van der Waals surface area (Å²) < 4.78 is 0. The van der Waals surface area contributed by atoms with Crippen molar-refractivity contribution < 1.29 is 4.79 Å². The summed E-state index contributed by atoms with van der Waals surface area (Å²) in [7, 11) is -1.82. The van der Waals surface area contributed by atoms with Crippen molar-refractivity contribution in [3.63, 3.8) is 0 Å². The molecular weight excluding hydrogens is 394 g/mol. The number of benzene rings is 1. The van der Waals surface area contributed by atoms with E-state index in [1.165, 1.54) is 0 Å². The summed E-state index contributed by atoms with van der Waals surface area (Å²) in [5.74, 6) is 9.48. The molecule has 2 nitrogen and oxygen atoms in total. The van der Waals surface area contributed by atoms with Crippen molar-refractivity contribution >= 4 is 19.6 Å². The first-order valence-corrected chi connectivity index (χ1v) is 13.8. The van der Waals surface area contributed by atoms with Crippen molar-refractivity contribution in [2.24, 2.45) is 0 Å². The van der Waals surface area contributed by atoms with Gasteiger partial charge in [0.15, 0.2) is 0 Å². The van der Waals surface area contributed by atoms with Crippen molar-refractivity contribution in [1.82, 2.24) is 4.90 Å². The Balaban J connectivity index is 3.45. The topological polar surface area (TPSA) is 20.3 Å². The molecule has 0 saturated carbocycles. The Hall–Kier alpha value is -2.23. The normalized spacial score (nSPS) is 12.2. The van der Waals surface area contributed by atoms with E-state index in [0.29, 0.717) is 16.6 Å². The Bertz CT molecular complexity index is 841. The first-order chi connectivity index (χ1) is 14.4. The molecule has 1 rings (SSSR count). The van der Waals surface area contributed by atoms with Gasteiger partial charge >= 0.3 is 0 Å². The smallest absolute Gasteiger partial charge is 0.248 e. The van der Waals surface area contributed by atoms with E-state index in [1.54, 1.807) is 6.08 Å². The third-order valence-electron chi connectivity index (χ3n) is 6.12. The third kappa shape index (κ3) is 6.88. The van der Waals surface area contributed by atoms with Gasteiger partial charge in [-0.05, 0) is 61.7 Å². The molecule has 0 heterocycles. The molecule has 1 amide bonds. The second-order valence-corrected chi connectivity index (χ2v) is 15.3. The van der Waals surface area contributed by atoms with Gasteiger partial charge in [0.2, 0.25) is 5.91 Å². The van der Waals surface area contributed by atoms with E-state index in [4.69, 9.17) is 0 Å². The van der Waals surface area contributed by atoms with Crippen LogP contribution < -0.4 is 0 Å². The molecule has 0 radical (unpaired) electrons. The lowest BCUT2D eigenvalue weighted by molar-refractivity contribution is -0.129. The highest BCUT2D eigenvalue weighted by Gasteiger charge is 2.41. The first-order valence-electron chi connectivity index (χ1n) is 11.6. The molecule has 0 spiro atoms. The van der Waals surface area contributed by atoms with Crippen molar-refractivity contribution in [3.8, 4) is 23.3 Å². The van der Waals surface area contributed by atoms with Gasteiger partial charge in [0.1, 0.15) is 8.07 Å². The maximum absolute atomic E-state index is 13.0. The summed E-state index contributed by atoms with van der Waals surface area (Å²) in [6, 6.07) is 10.2. The van der Waals surface area contributed by atoms with Crippen molar-refractivity contribution in [3.05, 3.63) is 42.0 Å². The Labute approximate surface area is 192 Å². The SMILES string of the molecule is CC(C)N(C(=O)/C=C(/C#CC#C[Si](C(C)C)(C(C)C)C(C)C)c1ccccc1)C(C)C. The first kappa shape index (κ1) is 26.8. The average molecular weight is 436 g/mol. The zero-order valence-electron chi connectivity index (χ0n) is 21.2. The zero-order valence-corrected chi connectivity index (χ0v) is 22.2. The zero-order chi connectivity index (χ0) is 23.8. The predicted octanol–water partition coefficient (Wildman–Crippen LogP) is 6.94. The minimum absolute atomic E-state index is 0.0126. The van der Waals surface area contributed by atoms with Crippen molar-refractivity contribution in [2.45, 2.75) is 97.9 Å². The molecule has 0 aromatic heterocycles. The fourth-order valence-electron chi connectivity index (χ4n) is 4.78. The quantitative estimate of drug-likeness (QED) is 0.258. The van der Waals surface area contributed by atoms with Crippen LogP contribution in [0.2, 0.25) is 16.6 Å². The molecule has 0 aliphatic heterocycles. The summed E-state index contributed by atoms with van der Waals surface area (Å²) in [6.45, 7) is 22.0. The van der Waals surface area contributed by atoms with E-state index in [1.807, 2.05) is 62.9 Å². The molecule has 31 heavy (non-hydrogen) atoms. The molecule has 0 bridgehead atoms. The van der Waals surface area contributed by atoms with Crippen LogP contribution >= 0.6 is 0 Å². The molecule has 0 fully saturated rings. The number of carbonyl (C=O) groups is 1. The molecule has 1 aromatic rings. The highest BCUT2D eigenvalue weighted by Crippen LogP contribution is 2.40. The van der Waals surface area contributed by atoms with Gasteiger partial charge in [0.05, 0.1) is 0 Å². The number of hydrogen-bond donors (Lipinski definition) is 0. The van der Waals surface area contributed by atoms with E-state index in [9.17, 15) is 4.79 Å². The van der Waals surface area contributed by atoms with Gasteiger partial charge in [-0.3, -0.25) is 4.79 Å². The maximum atomic E-state index is 13.0. The molecule has 0 aliphatic rings. The molecule has 3 heteroatoms. The number of allylic oxidation sites excluding steroid dienone is 1. The lowest BCUT2D eigenvalue weighted by atomic mass is 10.1. The highest BCUT2D eigenvalue weighted by atomic mass is 28.3. The van der Waals surface area contributed by atoms with E-state index in [2.05, 4.69) is 64.8 Å². The lowest BCUT2D eigenvalue weighted by Gasteiger charge is -2.37. The van der Waals surface area contributed by atoms with Crippen LogP contribution in [0.25, 0.3) is 5.57 Å². The summed E-state index contributed by atoms with van der Waals surface area (Å²) in [5.41, 5.74) is 7.01. The summed E-state index contributed by atoms with van der Waals surface area (Å²) >= 11 is 0. The number of amides is 1. The van der Waals surface area contributed by atoms with E-state index in [0.717, 1.165) is 11.1 Å². The third-order valence-corrected chi connectivity index (χ3v) is 12.4. The highest BCUT2D eigenvalue weighted by molar-refractivity contribution is 6.90. The maximum Gasteiger partial charge on any atom is 0.248 e. The Morgan fingerprint density at radius 3 is 1.71 bits per heavy atom. The number of rotatable bonds is 7. The van der Waals surface area contributed by atoms with Gasteiger partial charge in [-0.1, -0.05) is 77.8 Å². The Morgan fingerprint density at radius 1 is 0.806 bits per heavy atom. The second-order valence-electron chi connectivity index (χ2n) is 9.75. The summed E-state index contributed by atoms with van der Waals surface area (Å²) in [6.07, 6.45) is 1.67. The molecule has 0 unspecified atom stereocenters. The van der Waals surface area contributed by atoms with Crippen LogP contribution in [0, 0.1) is 23.3 Å². The van der Waals surface area contributed by atoms with Gasteiger partial charge in [-0.15, -0.1) is 5.54 Å². The van der Waals surface area contributed by atoms with Crippen LogP contribution in [-0.2, 0) is 4.79 Å². The second kappa shape index (κ2) is 12.0. The number of carbonyl (C=O) groups excluding carboxylic acids is 1. The molecule has 0 aliphatic carbocycles. The molecule has 0 atom stereocenters. The van der Waals surface area contributed by atoms with E-state index in [-0.39, 0.29) is 18.0 Å². The standard InChI is InChI=1S/C28H41NOSi/c1-21(2)29(22(3)4)28(30)20-27(26-16-12-11-13-17-26)18-14-15-19-31(23(5)6,24(7)8)25(9)10/h11-13,16-17,20-25H,1-10H3/b27-20-. The fourth-order valence-corrected chi connectivity index (χ4v) is 9.93. The van der Waals surface area contributed by atoms with Crippen LogP contribution in [0.3, 0.4) is 0 Å². The number of nitrogens with zero attached hydrogens (tertiary/aromatic N) is 1. The predicted molar refractivity (Wildman–Crippen MR) is 138 cm³/mol. The number of hydrogen-bond acceptors (Lipinski definition) is 1. The Morgan fingerprint density at radius 2 is 1.29 bits per heavy atom. The Kier molecular flexibility index (Phi) is 10.3. The van der Waals surface area contributed by atoms with Crippen molar-refractivity contribution in [2.75, 3.05) is 0 Å². The van der Waals surface area contributed by atoms with Crippen LogP contribution in [-0.4, -0.2) is 31.0 Å². The van der Waals surface area contributed by atoms with Gasteiger partial charge in [0.25, 0.3) is 0 Å². The van der Waals surface area contributed by atoms with Crippen LogP contribution in [0.4, 0.5) is 0 Å². The van der Waals surface area contributed by atoms with Gasteiger partial charge in [-0.2, -0.15) is 0 Å². The van der Waals surface area contributed by atoms with Crippen LogP contribution in [0.15, 0.2) is 36.4 Å². The largest absolute Gasteiger partial charge is 0.334 e. The van der Waals surface area contributed by atoms with Crippen LogP contribution in [0.5, 0.6) is 0 Å². The summed E-state index contributed by atoms with van der Waals surface area (Å²) in [4.78, 5) is 14.9. The van der Waals surface area contributed by atoms with E-state index < -0.39 is 8.07 Å². The van der Waals surface area contributed by atoms with Crippen LogP contribution in [0.1, 0.15) is 74.8 Å². The molecule has 0 N–H and O–H groups in total.